The molecular formula is C10H18N4O. The number of rotatable bonds is 4. The largest absolute Gasteiger partial charge is 0.338 e. The zero-order chi connectivity index (χ0) is 10.5. The summed E-state index contributed by atoms with van der Waals surface area (Å²) in [5, 5.41) is 6.95. The van der Waals surface area contributed by atoms with Gasteiger partial charge in [-0.2, -0.15) is 4.98 Å². The predicted octanol–water partition coefficient (Wildman–Crippen LogP) is 0.775. The van der Waals surface area contributed by atoms with Crippen LogP contribution in [0, 0.1) is 0 Å². The van der Waals surface area contributed by atoms with Gasteiger partial charge in [0, 0.05) is 0 Å². The molecule has 0 aliphatic carbocycles. The molecule has 0 aromatic carbocycles. The lowest BCUT2D eigenvalue weighted by Gasteiger charge is -2.24. The summed E-state index contributed by atoms with van der Waals surface area (Å²) in [5.74, 6) is 1.48. The van der Waals surface area contributed by atoms with E-state index in [9.17, 15) is 0 Å². The van der Waals surface area contributed by atoms with Crippen molar-refractivity contribution in [3.63, 3.8) is 0 Å². The Labute approximate surface area is 89.8 Å². The highest BCUT2D eigenvalue weighted by molar-refractivity contribution is 4.86. The molecule has 0 radical (unpaired) electrons. The van der Waals surface area contributed by atoms with E-state index in [2.05, 4.69) is 20.4 Å². The molecule has 1 N–H and O–H groups in total. The molecule has 0 unspecified atom stereocenters. The second-order valence-corrected chi connectivity index (χ2v) is 3.97. The highest BCUT2D eigenvalue weighted by atomic mass is 16.5. The summed E-state index contributed by atoms with van der Waals surface area (Å²) in [5.41, 5.74) is 0. The maximum Gasteiger partial charge on any atom is 0.240 e. The Bertz CT molecular complexity index is 293. The van der Waals surface area contributed by atoms with Gasteiger partial charge in [-0.15, -0.1) is 0 Å². The van der Waals surface area contributed by atoms with Crippen LogP contribution in [-0.2, 0) is 13.1 Å². The van der Waals surface area contributed by atoms with Crippen LogP contribution in [0.15, 0.2) is 4.52 Å². The highest BCUT2D eigenvalue weighted by Gasteiger charge is 2.13. The minimum atomic E-state index is 0.646. The zero-order valence-corrected chi connectivity index (χ0v) is 9.20. The van der Waals surface area contributed by atoms with Crippen LogP contribution < -0.4 is 5.32 Å². The van der Waals surface area contributed by atoms with Crippen LogP contribution in [0.4, 0.5) is 0 Å². The first-order valence-corrected chi connectivity index (χ1v) is 5.57. The lowest BCUT2D eigenvalue weighted by Crippen LogP contribution is -2.29. The second-order valence-electron chi connectivity index (χ2n) is 3.97. The number of piperidine rings is 1. The summed E-state index contributed by atoms with van der Waals surface area (Å²) in [6, 6.07) is 0. The molecule has 2 heterocycles. The van der Waals surface area contributed by atoms with E-state index in [1.54, 1.807) is 0 Å². The SMILES string of the molecule is CNCc1nc(CN2CCCCC2)no1. The van der Waals surface area contributed by atoms with Gasteiger partial charge in [0.05, 0.1) is 13.1 Å². The summed E-state index contributed by atoms with van der Waals surface area (Å²) in [6.45, 7) is 3.80. The average molecular weight is 210 g/mol. The van der Waals surface area contributed by atoms with E-state index >= 15 is 0 Å². The Hall–Kier alpha value is -0.940. The smallest absolute Gasteiger partial charge is 0.240 e. The number of likely N-dealkylation sites (tertiary alicyclic amines) is 1. The van der Waals surface area contributed by atoms with Crippen LogP contribution in [0.2, 0.25) is 0 Å². The van der Waals surface area contributed by atoms with E-state index in [0.717, 1.165) is 25.5 Å². The third-order valence-corrected chi connectivity index (χ3v) is 2.65. The lowest BCUT2D eigenvalue weighted by molar-refractivity contribution is 0.213. The van der Waals surface area contributed by atoms with Crippen LogP contribution in [0.25, 0.3) is 0 Å². The number of nitrogens with one attached hydrogen (secondary N) is 1. The molecule has 1 aliphatic heterocycles. The summed E-state index contributed by atoms with van der Waals surface area (Å²) in [7, 11) is 1.87. The number of aromatic nitrogens is 2. The van der Waals surface area contributed by atoms with E-state index < -0.39 is 0 Å². The van der Waals surface area contributed by atoms with Crippen molar-refractivity contribution in [2.75, 3.05) is 20.1 Å². The molecule has 5 heteroatoms. The number of hydrogen-bond donors (Lipinski definition) is 1. The fourth-order valence-electron chi connectivity index (χ4n) is 1.89. The van der Waals surface area contributed by atoms with Crippen LogP contribution in [-0.4, -0.2) is 35.2 Å². The molecule has 84 valence electrons. The van der Waals surface area contributed by atoms with E-state index in [1.807, 2.05) is 7.05 Å². The first-order chi connectivity index (χ1) is 7.38. The van der Waals surface area contributed by atoms with Gasteiger partial charge in [0.25, 0.3) is 0 Å². The van der Waals surface area contributed by atoms with Crippen LogP contribution in [0.3, 0.4) is 0 Å². The van der Waals surface area contributed by atoms with E-state index in [-0.39, 0.29) is 0 Å². The third-order valence-electron chi connectivity index (χ3n) is 2.65. The van der Waals surface area contributed by atoms with Crippen molar-refractivity contribution in [2.45, 2.75) is 32.4 Å². The monoisotopic (exact) mass is 210 g/mol. The minimum Gasteiger partial charge on any atom is -0.338 e. The quantitative estimate of drug-likeness (QED) is 0.795. The molecule has 15 heavy (non-hydrogen) atoms. The van der Waals surface area contributed by atoms with Crippen molar-refractivity contribution in [1.82, 2.24) is 20.4 Å². The van der Waals surface area contributed by atoms with Gasteiger partial charge < -0.3 is 9.84 Å². The first kappa shape index (κ1) is 10.6. The Kier molecular flexibility index (Phi) is 3.69. The van der Waals surface area contributed by atoms with Gasteiger partial charge in [0.15, 0.2) is 5.82 Å². The number of hydrogen-bond acceptors (Lipinski definition) is 5. The average Bonchev–Trinajstić information content (AvgIpc) is 2.68. The molecule has 0 bridgehead atoms. The molecule has 1 aliphatic rings. The fourth-order valence-corrected chi connectivity index (χ4v) is 1.89. The van der Waals surface area contributed by atoms with Gasteiger partial charge in [0.2, 0.25) is 5.89 Å². The van der Waals surface area contributed by atoms with Crippen molar-refractivity contribution in [3.05, 3.63) is 11.7 Å². The van der Waals surface area contributed by atoms with E-state index in [4.69, 9.17) is 4.52 Å². The molecule has 0 spiro atoms. The molecule has 0 amide bonds. The minimum absolute atomic E-state index is 0.646. The zero-order valence-electron chi connectivity index (χ0n) is 9.20. The maximum atomic E-state index is 5.10. The molecule has 1 saturated heterocycles. The Morgan fingerprint density at radius 3 is 2.87 bits per heavy atom. The summed E-state index contributed by atoms with van der Waals surface area (Å²) in [4.78, 5) is 6.70. The van der Waals surface area contributed by atoms with Gasteiger partial charge >= 0.3 is 0 Å². The number of nitrogens with zero attached hydrogens (tertiary/aromatic N) is 3. The normalized spacial score (nSPS) is 18.2. The van der Waals surface area contributed by atoms with Crippen molar-refractivity contribution >= 4 is 0 Å². The summed E-state index contributed by atoms with van der Waals surface area (Å²) in [6.07, 6.45) is 3.94. The van der Waals surface area contributed by atoms with Crippen molar-refractivity contribution in [3.8, 4) is 0 Å². The van der Waals surface area contributed by atoms with Gasteiger partial charge in [-0.25, -0.2) is 0 Å². The Morgan fingerprint density at radius 1 is 1.33 bits per heavy atom. The molecule has 5 nitrogen and oxygen atoms in total. The van der Waals surface area contributed by atoms with E-state index in [1.165, 1.54) is 19.3 Å². The standard InChI is InChI=1S/C10H18N4O/c1-11-7-10-12-9(13-15-10)8-14-5-3-2-4-6-14/h11H,2-8H2,1H3. The molecule has 1 aromatic rings. The topological polar surface area (TPSA) is 54.2 Å². The van der Waals surface area contributed by atoms with Crippen molar-refractivity contribution in [1.29, 1.82) is 0 Å². The highest BCUT2D eigenvalue weighted by Crippen LogP contribution is 2.11. The molecule has 2 rings (SSSR count). The maximum absolute atomic E-state index is 5.10. The van der Waals surface area contributed by atoms with Crippen molar-refractivity contribution in [2.24, 2.45) is 0 Å². The van der Waals surface area contributed by atoms with Crippen molar-refractivity contribution < 1.29 is 4.52 Å². The second kappa shape index (κ2) is 5.23. The first-order valence-electron chi connectivity index (χ1n) is 5.57. The van der Waals surface area contributed by atoms with Crippen LogP contribution in [0.1, 0.15) is 31.0 Å². The third kappa shape index (κ3) is 3.00. The van der Waals surface area contributed by atoms with Gasteiger partial charge in [-0.1, -0.05) is 11.6 Å². The predicted molar refractivity (Wildman–Crippen MR) is 56.2 cm³/mol. The van der Waals surface area contributed by atoms with Crippen LogP contribution >= 0.6 is 0 Å². The van der Waals surface area contributed by atoms with Crippen LogP contribution in [0.5, 0.6) is 0 Å². The summed E-state index contributed by atoms with van der Waals surface area (Å²) >= 11 is 0. The van der Waals surface area contributed by atoms with E-state index in [0.29, 0.717) is 12.4 Å². The molecule has 1 fully saturated rings. The lowest BCUT2D eigenvalue weighted by atomic mass is 10.1. The Morgan fingerprint density at radius 2 is 2.13 bits per heavy atom. The molecule has 0 atom stereocenters. The van der Waals surface area contributed by atoms with Gasteiger partial charge in [0.1, 0.15) is 0 Å². The molecular weight excluding hydrogens is 192 g/mol. The fraction of sp³-hybridized carbons (Fsp3) is 0.800. The molecule has 0 saturated carbocycles. The molecule has 1 aromatic heterocycles. The summed E-state index contributed by atoms with van der Waals surface area (Å²) < 4.78 is 5.10. The Balaban J connectivity index is 1.86. The van der Waals surface area contributed by atoms with Gasteiger partial charge in [-0.3, -0.25) is 4.90 Å². The van der Waals surface area contributed by atoms with Gasteiger partial charge in [-0.05, 0) is 33.0 Å².